The Morgan fingerprint density at radius 1 is 1.19 bits per heavy atom. The molecule has 0 saturated carbocycles. The first-order valence-electron chi connectivity index (χ1n) is 10.3. The minimum Gasteiger partial charge on any atom is -0.366 e. The van der Waals surface area contributed by atoms with Crippen molar-refractivity contribution in [1.82, 2.24) is 30.2 Å². The van der Waals surface area contributed by atoms with Crippen LogP contribution in [0.25, 0.3) is 22.9 Å². The summed E-state index contributed by atoms with van der Waals surface area (Å²) in [7, 11) is 0. The third-order valence-corrected chi connectivity index (χ3v) is 5.68. The number of aromatic nitrogens is 5. The van der Waals surface area contributed by atoms with Crippen LogP contribution in [-0.4, -0.2) is 43.5 Å². The second-order valence-electron chi connectivity index (χ2n) is 7.78. The quantitative estimate of drug-likeness (QED) is 0.407. The lowest BCUT2D eigenvalue weighted by atomic mass is 10.1. The first-order chi connectivity index (χ1) is 15.6. The zero-order valence-corrected chi connectivity index (χ0v) is 17.3. The van der Waals surface area contributed by atoms with Gasteiger partial charge in [0.05, 0.1) is 18.4 Å². The normalized spacial score (nSPS) is 17.5. The fraction of sp³-hybridized carbons (Fsp3) is 0.273. The van der Waals surface area contributed by atoms with Crippen LogP contribution in [-0.2, 0) is 6.54 Å². The van der Waals surface area contributed by atoms with Crippen LogP contribution in [0, 0.1) is 11.6 Å². The van der Waals surface area contributed by atoms with Gasteiger partial charge in [-0.25, -0.2) is 18.7 Å². The summed E-state index contributed by atoms with van der Waals surface area (Å²) in [6, 6.07) is 9.89. The lowest BCUT2D eigenvalue weighted by Gasteiger charge is -2.13. The van der Waals surface area contributed by atoms with Gasteiger partial charge in [0, 0.05) is 30.3 Å². The molecular weight excluding hydrogens is 416 g/mol. The van der Waals surface area contributed by atoms with Crippen LogP contribution < -0.4 is 10.6 Å². The van der Waals surface area contributed by atoms with Crippen LogP contribution in [0.4, 0.5) is 14.6 Å². The molecule has 1 unspecified atom stereocenters. The van der Waals surface area contributed by atoms with Crippen LogP contribution >= 0.6 is 0 Å². The Morgan fingerprint density at radius 3 is 2.75 bits per heavy atom. The molecule has 4 heterocycles. The monoisotopic (exact) mass is 437 g/mol. The number of rotatable bonds is 8. The van der Waals surface area contributed by atoms with E-state index in [1.165, 1.54) is 12.3 Å². The lowest BCUT2D eigenvalue weighted by molar-refractivity contribution is 0.421. The molecule has 0 bridgehead atoms. The highest BCUT2D eigenvalue weighted by molar-refractivity contribution is 5.63. The Hall–Kier alpha value is -3.66. The largest absolute Gasteiger partial charge is 0.366 e. The molecule has 4 aromatic rings. The van der Waals surface area contributed by atoms with Gasteiger partial charge in [0.2, 0.25) is 0 Å². The third-order valence-electron chi connectivity index (χ3n) is 5.68. The Kier molecular flexibility index (Phi) is 5.14. The molecule has 1 aromatic carbocycles. The molecule has 0 radical (unpaired) electrons. The molecule has 1 atom stereocenters. The van der Waals surface area contributed by atoms with Crippen molar-refractivity contribution in [2.45, 2.75) is 25.4 Å². The predicted molar refractivity (Wildman–Crippen MR) is 114 cm³/mol. The number of anilines is 1. The standard InChI is InChI=1S/C22H21F2N7O/c1-2-22(13-27-22)12-26-20-16(24)10-25-21(28-20)18-9-19(17-7-8-32-30-17)31(29-18)11-14-5-3-4-6-15(14)23/h3-10,27H,2,11-13H2,1H3,(H,25,26,28). The average Bonchev–Trinajstić information content (AvgIpc) is 3.18. The van der Waals surface area contributed by atoms with Gasteiger partial charge in [-0.15, -0.1) is 0 Å². The third kappa shape index (κ3) is 3.96. The van der Waals surface area contributed by atoms with Gasteiger partial charge < -0.3 is 15.2 Å². The predicted octanol–water partition coefficient (Wildman–Crippen LogP) is 3.49. The van der Waals surface area contributed by atoms with Crippen molar-refractivity contribution in [2.75, 3.05) is 18.4 Å². The molecule has 2 N–H and O–H groups in total. The van der Waals surface area contributed by atoms with E-state index >= 15 is 0 Å². The van der Waals surface area contributed by atoms with Gasteiger partial charge in [-0.3, -0.25) is 4.68 Å². The van der Waals surface area contributed by atoms with Crippen LogP contribution in [0.1, 0.15) is 18.9 Å². The molecule has 5 rings (SSSR count). The molecule has 1 fully saturated rings. The van der Waals surface area contributed by atoms with Gasteiger partial charge in [-0.2, -0.15) is 5.10 Å². The molecule has 1 aliphatic rings. The van der Waals surface area contributed by atoms with E-state index < -0.39 is 5.82 Å². The summed E-state index contributed by atoms with van der Waals surface area (Å²) in [5, 5.41) is 14.9. The molecular formula is C22H21F2N7O. The molecule has 1 saturated heterocycles. The van der Waals surface area contributed by atoms with E-state index in [1.54, 1.807) is 35.0 Å². The molecule has 1 aliphatic heterocycles. The number of nitrogens with zero attached hydrogens (tertiary/aromatic N) is 5. The van der Waals surface area contributed by atoms with Gasteiger partial charge in [-0.05, 0) is 18.6 Å². The molecule has 3 aromatic heterocycles. The van der Waals surface area contributed by atoms with Crippen molar-refractivity contribution < 1.29 is 13.3 Å². The topological polar surface area (TPSA) is 104 Å². The molecule has 0 amide bonds. The van der Waals surface area contributed by atoms with E-state index in [0.717, 1.165) is 19.2 Å². The number of hydrogen-bond acceptors (Lipinski definition) is 7. The van der Waals surface area contributed by atoms with Crippen LogP contribution in [0.5, 0.6) is 0 Å². The number of halogens is 2. The van der Waals surface area contributed by atoms with Gasteiger partial charge >= 0.3 is 0 Å². The summed E-state index contributed by atoms with van der Waals surface area (Å²) in [5.74, 6) is -0.509. The summed E-state index contributed by atoms with van der Waals surface area (Å²) < 4.78 is 35.1. The van der Waals surface area contributed by atoms with E-state index in [2.05, 4.69) is 37.8 Å². The van der Waals surface area contributed by atoms with Crippen LogP contribution in [0.15, 0.2) is 53.4 Å². The highest BCUT2D eigenvalue weighted by Crippen LogP contribution is 2.27. The highest BCUT2D eigenvalue weighted by Gasteiger charge is 2.39. The van der Waals surface area contributed by atoms with Crippen molar-refractivity contribution >= 4 is 5.82 Å². The van der Waals surface area contributed by atoms with Crippen LogP contribution in [0.2, 0.25) is 0 Å². The molecule has 0 aliphatic carbocycles. The molecule has 164 valence electrons. The van der Waals surface area contributed by atoms with E-state index in [9.17, 15) is 8.78 Å². The zero-order valence-electron chi connectivity index (χ0n) is 17.3. The van der Waals surface area contributed by atoms with Crippen molar-refractivity contribution in [3.8, 4) is 22.9 Å². The van der Waals surface area contributed by atoms with Crippen molar-refractivity contribution in [2.24, 2.45) is 0 Å². The molecule has 10 heteroatoms. The highest BCUT2D eigenvalue weighted by atomic mass is 19.1. The Morgan fingerprint density at radius 2 is 2.03 bits per heavy atom. The maximum Gasteiger partial charge on any atom is 0.183 e. The first kappa shape index (κ1) is 20.3. The second-order valence-corrected chi connectivity index (χ2v) is 7.78. The van der Waals surface area contributed by atoms with Gasteiger partial charge in [0.1, 0.15) is 23.5 Å². The minimum absolute atomic E-state index is 0.0149. The van der Waals surface area contributed by atoms with Gasteiger partial charge in [0.25, 0.3) is 0 Å². The van der Waals surface area contributed by atoms with E-state index in [0.29, 0.717) is 29.2 Å². The van der Waals surface area contributed by atoms with E-state index in [4.69, 9.17) is 4.52 Å². The summed E-state index contributed by atoms with van der Waals surface area (Å²) in [5.41, 5.74) is 2.00. The average molecular weight is 437 g/mol. The summed E-state index contributed by atoms with van der Waals surface area (Å²) >= 11 is 0. The Labute approximate surface area is 182 Å². The summed E-state index contributed by atoms with van der Waals surface area (Å²) in [6.07, 6.45) is 3.50. The fourth-order valence-electron chi connectivity index (χ4n) is 3.48. The fourth-order valence-corrected chi connectivity index (χ4v) is 3.48. The maximum atomic E-state index is 14.3. The maximum absolute atomic E-state index is 14.3. The van der Waals surface area contributed by atoms with Crippen LogP contribution in [0.3, 0.4) is 0 Å². The van der Waals surface area contributed by atoms with E-state index in [-0.39, 0.29) is 29.5 Å². The van der Waals surface area contributed by atoms with Crippen molar-refractivity contribution in [3.05, 3.63) is 66.1 Å². The molecule has 8 nitrogen and oxygen atoms in total. The molecule has 32 heavy (non-hydrogen) atoms. The number of benzene rings is 1. The summed E-state index contributed by atoms with van der Waals surface area (Å²) in [6.45, 7) is 3.70. The summed E-state index contributed by atoms with van der Waals surface area (Å²) in [4.78, 5) is 8.46. The number of hydrogen-bond donors (Lipinski definition) is 2. The Balaban J connectivity index is 1.48. The minimum atomic E-state index is -0.539. The SMILES string of the molecule is CCC1(CNc2nc(-c3cc(-c4ccon4)n(Cc4ccccc4F)n3)ncc2F)CN1. The van der Waals surface area contributed by atoms with Gasteiger partial charge in [-0.1, -0.05) is 30.3 Å². The lowest BCUT2D eigenvalue weighted by Crippen LogP contribution is -2.26. The van der Waals surface area contributed by atoms with Crippen molar-refractivity contribution in [3.63, 3.8) is 0 Å². The smallest absolute Gasteiger partial charge is 0.183 e. The van der Waals surface area contributed by atoms with E-state index in [1.807, 2.05) is 0 Å². The first-order valence-corrected chi connectivity index (χ1v) is 10.3. The Bertz CT molecular complexity index is 1240. The second kappa shape index (κ2) is 8.12. The molecule has 0 spiro atoms. The number of nitrogens with one attached hydrogen (secondary N) is 2. The van der Waals surface area contributed by atoms with Crippen molar-refractivity contribution in [1.29, 1.82) is 0 Å². The zero-order chi connectivity index (χ0) is 22.1. The van der Waals surface area contributed by atoms with Gasteiger partial charge in [0.15, 0.2) is 17.5 Å².